The second-order valence-electron chi connectivity index (χ2n) is 7.86. The van der Waals surface area contributed by atoms with Gasteiger partial charge in [0.05, 0.1) is 18.6 Å². The lowest BCUT2D eigenvalue weighted by atomic mass is 9.94. The van der Waals surface area contributed by atoms with Crippen molar-refractivity contribution < 1.29 is 27.4 Å². The number of nitrogens with one attached hydrogen (secondary N) is 1. The molecule has 1 aromatic heterocycles. The highest BCUT2D eigenvalue weighted by atomic mass is 19.4. The Bertz CT molecular complexity index is 926. The first kappa shape index (κ1) is 21.3. The molecule has 2 aliphatic heterocycles. The van der Waals surface area contributed by atoms with Crippen molar-refractivity contribution >= 4 is 11.7 Å². The summed E-state index contributed by atoms with van der Waals surface area (Å²) >= 11 is 0. The second-order valence-corrected chi connectivity index (χ2v) is 7.86. The van der Waals surface area contributed by atoms with Gasteiger partial charge in [-0.05, 0) is 55.2 Å². The van der Waals surface area contributed by atoms with Gasteiger partial charge >= 0.3 is 6.18 Å². The first-order chi connectivity index (χ1) is 14.8. The first-order valence-electron chi connectivity index (χ1n) is 10.2. The van der Waals surface area contributed by atoms with Crippen LogP contribution in [0.25, 0.3) is 0 Å². The smallest absolute Gasteiger partial charge is 0.417 e. The summed E-state index contributed by atoms with van der Waals surface area (Å²) in [7, 11) is 1.60. The van der Waals surface area contributed by atoms with Gasteiger partial charge < -0.3 is 19.7 Å². The fourth-order valence-electron chi connectivity index (χ4n) is 3.98. The van der Waals surface area contributed by atoms with E-state index in [0.717, 1.165) is 29.3 Å². The number of nitrogens with zero attached hydrogens (tertiary/aromatic N) is 2. The number of amides is 1. The number of hydrogen-bond acceptors (Lipinski definition) is 5. The molecule has 1 saturated heterocycles. The van der Waals surface area contributed by atoms with E-state index in [2.05, 4.69) is 10.3 Å². The summed E-state index contributed by atoms with van der Waals surface area (Å²) in [5.74, 6) is 1.72. The number of aromatic nitrogens is 1. The lowest BCUT2D eigenvalue weighted by molar-refractivity contribution is -0.137. The van der Waals surface area contributed by atoms with E-state index >= 15 is 0 Å². The summed E-state index contributed by atoms with van der Waals surface area (Å²) in [6.07, 6.45) is -1.54. The number of hydrogen-bond donors (Lipinski definition) is 1. The van der Waals surface area contributed by atoms with Gasteiger partial charge in [-0.3, -0.25) is 4.79 Å². The molecular formula is C22H24F3N3O3. The van der Waals surface area contributed by atoms with E-state index in [1.165, 1.54) is 6.07 Å². The lowest BCUT2D eigenvalue weighted by Gasteiger charge is -2.34. The van der Waals surface area contributed by atoms with Crippen LogP contribution in [0, 0.1) is 5.92 Å². The van der Waals surface area contributed by atoms with Crippen LogP contribution < -0.4 is 19.7 Å². The van der Waals surface area contributed by atoms with Gasteiger partial charge in [0.15, 0.2) is 0 Å². The van der Waals surface area contributed by atoms with Gasteiger partial charge in [-0.15, -0.1) is 0 Å². The normalized spacial score (nSPS) is 19.4. The fraction of sp³-hybridized carbons (Fsp3) is 0.455. The summed E-state index contributed by atoms with van der Waals surface area (Å²) < 4.78 is 49.1. The number of halogens is 3. The average molecular weight is 435 g/mol. The molecule has 1 amide bonds. The lowest BCUT2D eigenvalue weighted by Crippen LogP contribution is -2.48. The summed E-state index contributed by atoms with van der Waals surface area (Å²) in [5.41, 5.74) is 0.196. The Morgan fingerprint density at radius 3 is 2.65 bits per heavy atom. The molecule has 6 nitrogen and oxygen atoms in total. The van der Waals surface area contributed by atoms with Crippen LogP contribution >= 0.6 is 0 Å². The van der Waals surface area contributed by atoms with Gasteiger partial charge in [-0.1, -0.05) is 0 Å². The average Bonchev–Trinajstić information content (AvgIpc) is 2.78. The van der Waals surface area contributed by atoms with Crippen molar-refractivity contribution in [2.24, 2.45) is 5.92 Å². The minimum Gasteiger partial charge on any atom is -0.497 e. The number of methoxy groups -OCH3 is 1. The van der Waals surface area contributed by atoms with Crippen molar-refractivity contribution in [3.8, 4) is 11.5 Å². The van der Waals surface area contributed by atoms with Crippen molar-refractivity contribution in [1.29, 1.82) is 0 Å². The first-order valence-corrected chi connectivity index (χ1v) is 10.2. The number of pyridine rings is 1. The molecule has 31 heavy (non-hydrogen) atoms. The molecule has 1 unspecified atom stereocenters. The third-order valence-corrected chi connectivity index (χ3v) is 5.79. The van der Waals surface area contributed by atoms with Crippen LogP contribution in [0.1, 0.15) is 24.0 Å². The van der Waals surface area contributed by atoms with Crippen LogP contribution in [-0.2, 0) is 17.4 Å². The highest BCUT2D eigenvalue weighted by Crippen LogP contribution is 2.31. The molecule has 2 aliphatic rings. The maximum Gasteiger partial charge on any atom is 0.417 e. The standard InChI is InChI=1S/C22H24F3N3O3/c1-30-18-3-4-19-14(11-18)10-15(13-31-19)21(29)27-17-6-8-28(9-7-17)20-5-2-16(12-26-20)22(23,24)25/h2-5,11-12,15,17H,6-10,13H2,1H3,(H,27,29). The molecule has 2 aromatic rings. The van der Waals surface area contributed by atoms with Crippen LogP contribution in [0.4, 0.5) is 19.0 Å². The Labute approximate surface area is 178 Å². The topological polar surface area (TPSA) is 63.7 Å². The third kappa shape index (κ3) is 4.86. The summed E-state index contributed by atoms with van der Waals surface area (Å²) in [6.45, 7) is 1.56. The number of carbonyl (C=O) groups is 1. The Morgan fingerprint density at radius 2 is 2.00 bits per heavy atom. The Kier molecular flexibility index (Phi) is 5.93. The number of benzene rings is 1. The summed E-state index contributed by atoms with van der Waals surface area (Å²) in [6, 6.07) is 8.04. The molecule has 1 atom stereocenters. The molecule has 0 saturated carbocycles. The van der Waals surface area contributed by atoms with Gasteiger partial charge in [0, 0.05) is 25.3 Å². The number of anilines is 1. The van der Waals surface area contributed by atoms with Crippen molar-refractivity contribution in [1.82, 2.24) is 10.3 Å². The van der Waals surface area contributed by atoms with Crippen LogP contribution in [-0.4, -0.2) is 43.7 Å². The molecule has 1 aromatic carbocycles. The van der Waals surface area contributed by atoms with E-state index < -0.39 is 11.7 Å². The maximum atomic E-state index is 12.8. The Hall–Kier alpha value is -2.97. The maximum absolute atomic E-state index is 12.8. The minimum atomic E-state index is -4.39. The van der Waals surface area contributed by atoms with Crippen molar-refractivity contribution in [3.05, 3.63) is 47.7 Å². The quantitative estimate of drug-likeness (QED) is 0.797. The highest BCUT2D eigenvalue weighted by Gasteiger charge is 2.32. The number of fused-ring (bicyclic) bond motifs is 1. The number of carbonyl (C=O) groups excluding carboxylic acids is 1. The van der Waals surface area contributed by atoms with Gasteiger partial charge in [-0.2, -0.15) is 13.2 Å². The van der Waals surface area contributed by atoms with Crippen molar-refractivity contribution in [2.45, 2.75) is 31.5 Å². The van der Waals surface area contributed by atoms with Crippen LogP contribution in [0.2, 0.25) is 0 Å². The minimum absolute atomic E-state index is 0.0184. The Balaban J connectivity index is 1.29. The number of ether oxygens (including phenoxy) is 2. The predicted molar refractivity (Wildman–Crippen MR) is 108 cm³/mol. The van der Waals surface area contributed by atoms with E-state index in [0.29, 0.717) is 44.8 Å². The predicted octanol–water partition coefficient (Wildman–Crippen LogP) is 3.45. The number of piperidine rings is 1. The van der Waals surface area contributed by atoms with E-state index in [1.54, 1.807) is 7.11 Å². The largest absolute Gasteiger partial charge is 0.497 e. The van der Waals surface area contributed by atoms with Crippen LogP contribution in [0.15, 0.2) is 36.5 Å². The Morgan fingerprint density at radius 1 is 1.23 bits per heavy atom. The number of rotatable bonds is 4. The van der Waals surface area contributed by atoms with Gasteiger partial charge in [0.25, 0.3) is 0 Å². The third-order valence-electron chi connectivity index (χ3n) is 5.79. The summed E-state index contributed by atoms with van der Waals surface area (Å²) in [4.78, 5) is 18.7. The zero-order chi connectivity index (χ0) is 22.0. The highest BCUT2D eigenvalue weighted by molar-refractivity contribution is 5.80. The van der Waals surface area contributed by atoms with Gasteiger partial charge in [0.2, 0.25) is 5.91 Å². The molecule has 0 radical (unpaired) electrons. The number of alkyl halides is 3. The molecule has 0 aliphatic carbocycles. The zero-order valence-electron chi connectivity index (χ0n) is 17.1. The van der Waals surface area contributed by atoms with Crippen molar-refractivity contribution in [3.63, 3.8) is 0 Å². The van der Waals surface area contributed by atoms with E-state index in [-0.39, 0.29) is 17.9 Å². The fourth-order valence-corrected chi connectivity index (χ4v) is 3.98. The van der Waals surface area contributed by atoms with E-state index in [4.69, 9.17) is 9.47 Å². The summed E-state index contributed by atoms with van der Waals surface area (Å²) in [5, 5.41) is 3.10. The molecule has 9 heteroatoms. The van der Waals surface area contributed by atoms with Crippen molar-refractivity contribution in [2.75, 3.05) is 31.7 Å². The zero-order valence-corrected chi connectivity index (χ0v) is 17.1. The molecular weight excluding hydrogens is 411 g/mol. The van der Waals surface area contributed by atoms with Gasteiger partial charge in [0.1, 0.15) is 23.9 Å². The second kappa shape index (κ2) is 8.64. The van der Waals surface area contributed by atoms with Gasteiger partial charge in [-0.25, -0.2) is 4.98 Å². The molecule has 1 fully saturated rings. The monoisotopic (exact) mass is 435 g/mol. The molecule has 4 rings (SSSR count). The molecule has 0 bridgehead atoms. The molecule has 0 spiro atoms. The van der Waals surface area contributed by atoms with E-state index in [1.807, 2.05) is 23.1 Å². The molecule has 3 heterocycles. The SMILES string of the molecule is COc1ccc2c(c1)CC(C(=O)NC1CCN(c3ccc(C(F)(F)F)cn3)CC1)CO2. The van der Waals surface area contributed by atoms with Crippen LogP contribution in [0.3, 0.4) is 0 Å². The van der Waals surface area contributed by atoms with Crippen LogP contribution in [0.5, 0.6) is 11.5 Å². The molecule has 1 N–H and O–H groups in total. The molecule has 166 valence electrons. The van der Waals surface area contributed by atoms with E-state index in [9.17, 15) is 18.0 Å².